The Morgan fingerprint density at radius 2 is 2.06 bits per heavy atom. The molecule has 0 atom stereocenters. The molecule has 92 valence electrons. The van der Waals surface area contributed by atoms with Crippen molar-refractivity contribution < 1.29 is 9.18 Å². The Bertz CT molecular complexity index is 650. The highest BCUT2D eigenvalue weighted by Gasteiger charge is 2.13. The fraction of sp³-hybridized carbons (Fsp3) is 0.143. The molecule has 18 heavy (non-hydrogen) atoms. The van der Waals surface area contributed by atoms with E-state index < -0.39 is 5.82 Å². The first-order valence-corrected chi connectivity index (χ1v) is 5.52. The Kier molecular flexibility index (Phi) is 3.10. The van der Waals surface area contributed by atoms with Gasteiger partial charge in [0.25, 0.3) is 5.91 Å². The molecule has 0 spiro atoms. The summed E-state index contributed by atoms with van der Waals surface area (Å²) >= 11 is 0. The molecular weight excluding hydrogens is 231 g/mol. The molecule has 1 amide bonds. The van der Waals surface area contributed by atoms with E-state index in [1.165, 1.54) is 19.2 Å². The summed E-state index contributed by atoms with van der Waals surface area (Å²) in [7, 11) is 1.53. The number of aromatic nitrogens is 1. The number of pyridine rings is 1. The van der Waals surface area contributed by atoms with Crippen LogP contribution in [0.3, 0.4) is 0 Å². The van der Waals surface area contributed by atoms with E-state index in [1.807, 2.05) is 0 Å². The second-order valence-electron chi connectivity index (χ2n) is 4.05. The Balaban J connectivity index is 2.76. The maximum atomic E-state index is 13.8. The lowest BCUT2D eigenvalue weighted by molar-refractivity contribution is 0.0964. The minimum atomic E-state index is -0.444. The summed E-state index contributed by atoms with van der Waals surface area (Å²) in [5.74, 6) is -0.703. The number of carbonyl (C=O) groups excluding carboxylic acids is 1. The van der Waals surface area contributed by atoms with E-state index in [1.54, 1.807) is 19.1 Å². The molecule has 4 heteroatoms. The van der Waals surface area contributed by atoms with Gasteiger partial charge in [-0.05, 0) is 36.8 Å². The number of nitrogens with one attached hydrogen (secondary N) is 1. The number of fused-ring (bicyclic) bond motifs is 1. The van der Waals surface area contributed by atoms with Crippen molar-refractivity contribution in [3.05, 3.63) is 47.9 Å². The van der Waals surface area contributed by atoms with Crippen LogP contribution in [0, 0.1) is 5.82 Å². The summed E-state index contributed by atoms with van der Waals surface area (Å²) in [6.45, 7) is 5.57. The zero-order valence-corrected chi connectivity index (χ0v) is 10.2. The fourth-order valence-electron chi connectivity index (χ4n) is 1.75. The van der Waals surface area contributed by atoms with E-state index in [4.69, 9.17) is 0 Å². The zero-order valence-electron chi connectivity index (χ0n) is 10.2. The summed E-state index contributed by atoms with van der Waals surface area (Å²) in [6, 6.07) is 6.14. The van der Waals surface area contributed by atoms with Crippen LogP contribution in [0.15, 0.2) is 30.8 Å². The van der Waals surface area contributed by atoms with Gasteiger partial charge >= 0.3 is 0 Å². The van der Waals surface area contributed by atoms with Crippen LogP contribution in [-0.2, 0) is 0 Å². The van der Waals surface area contributed by atoms with Crippen LogP contribution in [0.25, 0.3) is 16.5 Å². The lowest BCUT2D eigenvalue weighted by Crippen LogP contribution is -2.18. The van der Waals surface area contributed by atoms with Crippen LogP contribution in [-0.4, -0.2) is 17.9 Å². The Morgan fingerprint density at radius 1 is 1.33 bits per heavy atom. The third kappa shape index (κ3) is 1.97. The molecule has 1 aromatic heterocycles. The van der Waals surface area contributed by atoms with Gasteiger partial charge in [0, 0.05) is 18.0 Å². The number of nitrogens with zero attached hydrogens (tertiary/aromatic N) is 1. The Labute approximate surface area is 104 Å². The van der Waals surface area contributed by atoms with Crippen molar-refractivity contribution in [3.8, 4) is 0 Å². The molecule has 2 rings (SSSR count). The lowest BCUT2D eigenvalue weighted by atomic mass is 10.1. The van der Waals surface area contributed by atoms with E-state index in [-0.39, 0.29) is 11.4 Å². The predicted molar refractivity (Wildman–Crippen MR) is 69.8 cm³/mol. The quantitative estimate of drug-likeness (QED) is 0.882. The first-order valence-electron chi connectivity index (χ1n) is 5.52. The van der Waals surface area contributed by atoms with Gasteiger partial charge in [0.1, 0.15) is 11.3 Å². The van der Waals surface area contributed by atoms with Gasteiger partial charge in [-0.3, -0.25) is 4.79 Å². The molecule has 0 aliphatic heterocycles. The highest BCUT2D eigenvalue weighted by atomic mass is 19.1. The van der Waals surface area contributed by atoms with Gasteiger partial charge in [0.05, 0.1) is 5.69 Å². The normalized spacial score (nSPS) is 10.4. The topological polar surface area (TPSA) is 42.0 Å². The summed E-state index contributed by atoms with van der Waals surface area (Å²) < 4.78 is 13.8. The predicted octanol–water partition coefficient (Wildman–Crippen LogP) is 2.77. The van der Waals surface area contributed by atoms with Crippen molar-refractivity contribution in [2.45, 2.75) is 6.92 Å². The molecule has 1 heterocycles. The number of rotatable bonds is 2. The molecule has 0 bridgehead atoms. The Morgan fingerprint density at radius 3 is 2.67 bits per heavy atom. The molecule has 0 radical (unpaired) electrons. The minimum Gasteiger partial charge on any atom is -0.355 e. The van der Waals surface area contributed by atoms with Gasteiger partial charge in [-0.2, -0.15) is 0 Å². The van der Waals surface area contributed by atoms with Crippen molar-refractivity contribution in [2.75, 3.05) is 7.05 Å². The smallest absolute Gasteiger partial charge is 0.251 e. The van der Waals surface area contributed by atoms with Crippen LogP contribution in [0.2, 0.25) is 0 Å². The van der Waals surface area contributed by atoms with Crippen molar-refractivity contribution >= 4 is 22.4 Å². The van der Waals surface area contributed by atoms with E-state index >= 15 is 0 Å². The number of hydrogen-bond acceptors (Lipinski definition) is 2. The van der Waals surface area contributed by atoms with Gasteiger partial charge < -0.3 is 5.32 Å². The molecule has 0 saturated heterocycles. The number of allylic oxidation sites excluding steroid dienone is 1. The first kappa shape index (κ1) is 12.2. The lowest BCUT2D eigenvalue weighted by Gasteiger charge is -2.07. The number of benzene rings is 1. The van der Waals surface area contributed by atoms with Gasteiger partial charge in [-0.25, -0.2) is 9.37 Å². The van der Waals surface area contributed by atoms with Crippen molar-refractivity contribution in [1.82, 2.24) is 10.3 Å². The van der Waals surface area contributed by atoms with Crippen LogP contribution in [0.4, 0.5) is 4.39 Å². The van der Waals surface area contributed by atoms with Gasteiger partial charge in [0.15, 0.2) is 0 Å². The highest BCUT2D eigenvalue weighted by Crippen LogP contribution is 2.22. The molecule has 0 aliphatic carbocycles. The maximum absolute atomic E-state index is 13.8. The second kappa shape index (κ2) is 4.56. The maximum Gasteiger partial charge on any atom is 0.251 e. The van der Waals surface area contributed by atoms with Gasteiger partial charge in [-0.15, -0.1) is 0 Å². The average molecular weight is 244 g/mol. The molecule has 0 saturated carbocycles. The number of halogens is 1. The van der Waals surface area contributed by atoms with Crippen LogP contribution in [0.5, 0.6) is 0 Å². The molecule has 2 aromatic rings. The molecule has 1 N–H and O–H groups in total. The average Bonchev–Trinajstić information content (AvgIpc) is 2.38. The van der Waals surface area contributed by atoms with Crippen LogP contribution < -0.4 is 5.32 Å². The Hall–Kier alpha value is -2.23. The van der Waals surface area contributed by atoms with Crippen LogP contribution >= 0.6 is 0 Å². The molecule has 0 unspecified atom stereocenters. The zero-order chi connectivity index (χ0) is 13.3. The van der Waals surface area contributed by atoms with E-state index in [0.717, 1.165) is 5.57 Å². The SMILES string of the molecule is C=C(C)c1ccc2c(C(=O)NC)ccc(F)c2n1. The molecule has 0 fully saturated rings. The molecular formula is C14H13FN2O. The van der Waals surface area contributed by atoms with Crippen molar-refractivity contribution in [3.63, 3.8) is 0 Å². The third-order valence-corrected chi connectivity index (χ3v) is 2.72. The summed E-state index contributed by atoms with van der Waals surface area (Å²) in [5.41, 5.74) is 1.98. The highest BCUT2D eigenvalue weighted by molar-refractivity contribution is 6.06. The summed E-state index contributed by atoms with van der Waals surface area (Å²) in [4.78, 5) is 15.9. The number of hydrogen-bond donors (Lipinski definition) is 1. The minimum absolute atomic E-state index is 0.191. The van der Waals surface area contributed by atoms with Gasteiger partial charge in [-0.1, -0.05) is 6.58 Å². The van der Waals surface area contributed by atoms with Gasteiger partial charge in [0.2, 0.25) is 0 Å². The van der Waals surface area contributed by atoms with E-state index in [0.29, 0.717) is 16.6 Å². The number of amides is 1. The third-order valence-electron chi connectivity index (χ3n) is 2.72. The number of carbonyl (C=O) groups is 1. The summed E-state index contributed by atoms with van der Waals surface area (Å²) in [5, 5.41) is 3.02. The molecule has 0 aliphatic rings. The van der Waals surface area contributed by atoms with E-state index in [2.05, 4.69) is 16.9 Å². The van der Waals surface area contributed by atoms with Crippen molar-refractivity contribution in [2.24, 2.45) is 0 Å². The second-order valence-corrected chi connectivity index (χ2v) is 4.05. The fourth-order valence-corrected chi connectivity index (χ4v) is 1.75. The summed E-state index contributed by atoms with van der Waals surface area (Å²) in [6.07, 6.45) is 0. The monoisotopic (exact) mass is 244 g/mol. The first-order chi connectivity index (χ1) is 8.54. The van der Waals surface area contributed by atoms with Crippen molar-refractivity contribution in [1.29, 1.82) is 0 Å². The molecule has 3 nitrogen and oxygen atoms in total. The standard InChI is InChI=1S/C14H13FN2O/c1-8(2)12-7-5-9-10(14(18)16-3)4-6-11(15)13(9)17-12/h4-7H,1H2,2-3H3,(H,16,18). The molecule has 1 aromatic carbocycles. The van der Waals surface area contributed by atoms with Crippen LogP contribution in [0.1, 0.15) is 23.0 Å². The van der Waals surface area contributed by atoms with E-state index in [9.17, 15) is 9.18 Å². The largest absolute Gasteiger partial charge is 0.355 e.